The molecule has 0 aliphatic rings. The van der Waals surface area contributed by atoms with Gasteiger partial charge in [0.25, 0.3) is 0 Å². The first-order valence-corrected chi connectivity index (χ1v) is 6.99. The molecule has 21 heavy (non-hydrogen) atoms. The number of amides is 2. The van der Waals surface area contributed by atoms with Crippen molar-refractivity contribution in [2.75, 3.05) is 6.54 Å². The summed E-state index contributed by atoms with van der Waals surface area (Å²) >= 11 is 5.82. The van der Waals surface area contributed by atoms with Crippen LogP contribution in [0.3, 0.4) is 0 Å². The summed E-state index contributed by atoms with van der Waals surface area (Å²) in [6, 6.07) is 3.38. The number of rotatable bonds is 8. The highest BCUT2D eigenvalue weighted by Crippen LogP contribution is 2.18. The van der Waals surface area contributed by atoms with Crippen molar-refractivity contribution in [2.45, 2.75) is 32.3 Å². The Hall–Kier alpha value is -1.82. The third-order valence-electron chi connectivity index (χ3n) is 2.76. The summed E-state index contributed by atoms with van der Waals surface area (Å²) in [7, 11) is 0. The van der Waals surface area contributed by atoms with Gasteiger partial charge in [-0.05, 0) is 25.0 Å². The maximum atomic E-state index is 12.8. The molecule has 0 aromatic heterocycles. The molecule has 7 heteroatoms. The molecule has 0 heterocycles. The van der Waals surface area contributed by atoms with Gasteiger partial charge in [0.1, 0.15) is 12.4 Å². The highest BCUT2D eigenvalue weighted by molar-refractivity contribution is 6.31. The monoisotopic (exact) mass is 316 g/mol. The number of urea groups is 1. The number of hydrogen-bond donors (Lipinski definition) is 2. The summed E-state index contributed by atoms with van der Waals surface area (Å²) in [5.41, 5.74) is 5.48. The summed E-state index contributed by atoms with van der Waals surface area (Å²) in [5.74, 6) is -0.766. The van der Waals surface area contributed by atoms with Gasteiger partial charge in [0.05, 0.1) is 5.02 Å². The minimum atomic E-state index is -0.550. The SMILES string of the molecule is NC(=O)NCCCCCC(=O)OCc1ccc(F)cc1Cl. The standard InChI is InChI=1S/C14H18ClFN2O3/c15-12-8-11(16)6-5-10(12)9-21-13(19)4-2-1-3-7-18-14(17)20/h5-6,8H,1-4,7,9H2,(H3,17,18,20). The lowest BCUT2D eigenvalue weighted by atomic mass is 10.2. The van der Waals surface area contributed by atoms with E-state index in [0.717, 1.165) is 12.8 Å². The maximum absolute atomic E-state index is 12.8. The van der Waals surface area contributed by atoms with Crippen molar-refractivity contribution >= 4 is 23.6 Å². The Bertz CT molecular complexity index is 497. The molecule has 1 aromatic carbocycles. The van der Waals surface area contributed by atoms with Crippen LogP contribution in [-0.2, 0) is 16.1 Å². The Labute approximate surface area is 127 Å². The molecule has 0 aliphatic carbocycles. The fraction of sp³-hybridized carbons (Fsp3) is 0.429. The van der Waals surface area contributed by atoms with Gasteiger partial charge in [0.2, 0.25) is 0 Å². The number of hydrogen-bond acceptors (Lipinski definition) is 3. The van der Waals surface area contributed by atoms with Crippen molar-refractivity contribution in [1.82, 2.24) is 5.32 Å². The van der Waals surface area contributed by atoms with E-state index in [-0.39, 0.29) is 24.0 Å². The highest BCUT2D eigenvalue weighted by Gasteiger charge is 2.06. The molecule has 116 valence electrons. The van der Waals surface area contributed by atoms with Crippen molar-refractivity contribution in [2.24, 2.45) is 5.73 Å². The number of primary amides is 1. The molecule has 5 nitrogen and oxygen atoms in total. The van der Waals surface area contributed by atoms with Crippen molar-refractivity contribution in [3.8, 4) is 0 Å². The topological polar surface area (TPSA) is 81.4 Å². The Morgan fingerprint density at radius 2 is 2.05 bits per heavy atom. The summed E-state index contributed by atoms with van der Waals surface area (Å²) in [5, 5.41) is 2.70. The molecule has 0 spiro atoms. The van der Waals surface area contributed by atoms with Crippen molar-refractivity contribution in [3.63, 3.8) is 0 Å². The van der Waals surface area contributed by atoms with Gasteiger partial charge in [-0.3, -0.25) is 4.79 Å². The zero-order valence-corrected chi connectivity index (χ0v) is 12.3. The molecule has 0 saturated carbocycles. The number of esters is 1. The van der Waals surface area contributed by atoms with E-state index in [1.54, 1.807) is 0 Å². The van der Waals surface area contributed by atoms with E-state index in [1.807, 2.05) is 0 Å². The third-order valence-corrected chi connectivity index (χ3v) is 3.11. The minimum absolute atomic E-state index is 0.0289. The molecule has 0 unspecified atom stereocenters. The number of nitrogens with two attached hydrogens (primary N) is 1. The van der Waals surface area contributed by atoms with E-state index in [0.29, 0.717) is 18.5 Å². The summed E-state index contributed by atoms with van der Waals surface area (Å²) < 4.78 is 17.9. The van der Waals surface area contributed by atoms with Gasteiger partial charge < -0.3 is 15.8 Å². The lowest BCUT2D eigenvalue weighted by Crippen LogP contribution is -2.29. The lowest BCUT2D eigenvalue weighted by molar-refractivity contribution is -0.145. The Balaban J connectivity index is 2.15. The van der Waals surface area contributed by atoms with Crippen LogP contribution >= 0.6 is 11.6 Å². The number of carbonyl (C=O) groups excluding carboxylic acids is 2. The molecule has 2 amide bonds. The van der Waals surface area contributed by atoms with Crippen LogP contribution in [0.15, 0.2) is 18.2 Å². The average Bonchev–Trinajstić information content (AvgIpc) is 2.41. The van der Waals surface area contributed by atoms with Crippen LogP contribution < -0.4 is 11.1 Å². The summed E-state index contributed by atoms with van der Waals surface area (Å²) in [4.78, 5) is 21.9. The van der Waals surface area contributed by atoms with Crippen LogP contribution in [0.4, 0.5) is 9.18 Å². The second kappa shape index (κ2) is 9.18. The van der Waals surface area contributed by atoms with Gasteiger partial charge in [0.15, 0.2) is 0 Å². The molecular formula is C14H18ClFN2O3. The minimum Gasteiger partial charge on any atom is -0.461 e. The molecule has 0 aliphatic heterocycles. The van der Waals surface area contributed by atoms with E-state index in [4.69, 9.17) is 22.1 Å². The van der Waals surface area contributed by atoms with Crippen molar-refractivity contribution in [1.29, 1.82) is 0 Å². The maximum Gasteiger partial charge on any atom is 0.312 e. The second-order valence-corrected chi connectivity index (χ2v) is 4.91. The van der Waals surface area contributed by atoms with Crippen molar-refractivity contribution < 1.29 is 18.7 Å². The van der Waals surface area contributed by atoms with Gasteiger partial charge >= 0.3 is 12.0 Å². The van der Waals surface area contributed by atoms with Gasteiger partial charge in [-0.1, -0.05) is 24.1 Å². The van der Waals surface area contributed by atoms with E-state index < -0.39 is 11.8 Å². The Morgan fingerprint density at radius 1 is 1.29 bits per heavy atom. The fourth-order valence-electron chi connectivity index (χ4n) is 1.65. The van der Waals surface area contributed by atoms with Crippen molar-refractivity contribution in [3.05, 3.63) is 34.6 Å². The van der Waals surface area contributed by atoms with Gasteiger partial charge in [-0.2, -0.15) is 0 Å². The molecule has 0 fully saturated rings. The molecule has 1 rings (SSSR count). The zero-order chi connectivity index (χ0) is 15.7. The average molecular weight is 317 g/mol. The van der Waals surface area contributed by atoms with Crippen LogP contribution in [0.5, 0.6) is 0 Å². The number of unbranched alkanes of at least 4 members (excludes halogenated alkanes) is 2. The normalized spacial score (nSPS) is 10.2. The van der Waals surface area contributed by atoms with Gasteiger partial charge in [0, 0.05) is 18.5 Å². The molecule has 0 saturated heterocycles. The number of benzene rings is 1. The van der Waals surface area contributed by atoms with E-state index in [9.17, 15) is 14.0 Å². The number of nitrogens with one attached hydrogen (secondary N) is 1. The zero-order valence-electron chi connectivity index (χ0n) is 11.5. The summed E-state index contributed by atoms with van der Waals surface area (Å²) in [6.45, 7) is 0.525. The van der Waals surface area contributed by atoms with Crippen LogP contribution in [0.25, 0.3) is 0 Å². The van der Waals surface area contributed by atoms with Gasteiger partial charge in [-0.15, -0.1) is 0 Å². The number of carbonyl (C=O) groups is 2. The first-order chi connectivity index (χ1) is 9.99. The lowest BCUT2D eigenvalue weighted by Gasteiger charge is -2.07. The predicted molar refractivity (Wildman–Crippen MR) is 77.3 cm³/mol. The molecule has 1 aromatic rings. The first-order valence-electron chi connectivity index (χ1n) is 6.62. The number of ether oxygens (including phenoxy) is 1. The van der Waals surface area contributed by atoms with Crippen LogP contribution in [-0.4, -0.2) is 18.5 Å². The van der Waals surface area contributed by atoms with Crippen LogP contribution in [0, 0.1) is 5.82 Å². The first kappa shape index (κ1) is 17.2. The number of halogens is 2. The Kier molecular flexibility index (Phi) is 7.53. The van der Waals surface area contributed by atoms with Crippen LogP contribution in [0.1, 0.15) is 31.2 Å². The predicted octanol–water partition coefficient (Wildman–Crippen LogP) is 2.75. The molecule has 3 N–H and O–H groups in total. The fourth-order valence-corrected chi connectivity index (χ4v) is 1.87. The van der Waals surface area contributed by atoms with E-state index >= 15 is 0 Å². The smallest absolute Gasteiger partial charge is 0.312 e. The Morgan fingerprint density at radius 3 is 2.71 bits per heavy atom. The molecular weight excluding hydrogens is 299 g/mol. The highest BCUT2D eigenvalue weighted by atomic mass is 35.5. The largest absolute Gasteiger partial charge is 0.461 e. The molecule has 0 bridgehead atoms. The molecule has 0 atom stereocenters. The summed E-state index contributed by atoms with van der Waals surface area (Å²) in [6.07, 6.45) is 2.48. The quantitative estimate of drug-likeness (QED) is 0.571. The van der Waals surface area contributed by atoms with E-state index in [1.165, 1.54) is 18.2 Å². The van der Waals surface area contributed by atoms with E-state index in [2.05, 4.69) is 5.32 Å². The van der Waals surface area contributed by atoms with Crippen LogP contribution in [0.2, 0.25) is 5.02 Å². The molecule has 0 radical (unpaired) electrons. The third kappa shape index (κ3) is 7.51. The second-order valence-electron chi connectivity index (χ2n) is 4.50. The van der Waals surface area contributed by atoms with Gasteiger partial charge in [-0.25, -0.2) is 9.18 Å².